The first kappa shape index (κ1) is 15.2. The van der Waals surface area contributed by atoms with E-state index in [1.165, 1.54) is 18.6 Å². The van der Waals surface area contributed by atoms with Crippen molar-refractivity contribution in [1.82, 2.24) is 0 Å². The highest BCUT2D eigenvalue weighted by atomic mass is 19.1. The van der Waals surface area contributed by atoms with Crippen LogP contribution < -0.4 is 0 Å². The fourth-order valence-electron chi connectivity index (χ4n) is 3.19. The molecule has 3 heteroatoms. The zero-order chi connectivity index (χ0) is 14.6. The summed E-state index contributed by atoms with van der Waals surface area (Å²) < 4.78 is 18.8. The number of ketones is 1. The van der Waals surface area contributed by atoms with Crippen molar-refractivity contribution in [3.63, 3.8) is 0 Å². The van der Waals surface area contributed by atoms with E-state index in [2.05, 4.69) is 6.92 Å². The molecule has 2 atom stereocenters. The first-order chi connectivity index (χ1) is 9.55. The van der Waals surface area contributed by atoms with Crippen LogP contribution in [-0.2, 0) is 16.0 Å². The first-order valence-corrected chi connectivity index (χ1v) is 7.47. The van der Waals surface area contributed by atoms with Crippen LogP contribution in [-0.4, -0.2) is 18.0 Å². The minimum absolute atomic E-state index is 0.137. The Balaban J connectivity index is 2.12. The lowest BCUT2D eigenvalue weighted by atomic mass is 9.75. The normalized spacial score (nSPS) is 26.4. The topological polar surface area (TPSA) is 26.3 Å². The van der Waals surface area contributed by atoms with Crippen LogP contribution in [0.25, 0.3) is 0 Å². The molecule has 20 heavy (non-hydrogen) atoms. The molecule has 0 spiro atoms. The van der Waals surface area contributed by atoms with Crippen molar-refractivity contribution < 1.29 is 13.9 Å². The Labute approximate surface area is 120 Å². The van der Waals surface area contributed by atoms with Crippen LogP contribution in [0.3, 0.4) is 0 Å². The molecule has 1 aromatic rings. The molecule has 1 saturated carbocycles. The zero-order valence-corrected chi connectivity index (χ0v) is 12.3. The maximum atomic E-state index is 12.9. The van der Waals surface area contributed by atoms with Gasteiger partial charge in [0.05, 0.1) is 0 Å². The van der Waals surface area contributed by atoms with E-state index in [9.17, 15) is 9.18 Å². The third kappa shape index (κ3) is 3.45. The lowest BCUT2D eigenvalue weighted by Crippen LogP contribution is -2.46. The number of carbonyl (C=O) groups is 1. The van der Waals surface area contributed by atoms with E-state index < -0.39 is 5.60 Å². The van der Waals surface area contributed by atoms with Crippen LogP contribution >= 0.6 is 0 Å². The largest absolute Gasteiger partial charge is 0.367 e. The van der Waals surface area contributed by atoms with E-state index in [-0.39, 0.29) is 11.6 Å². The summed E-state index contributed by atoms with van der Waals surface area (Å²) in [4.78, 5) is 12.7. The van der Waals surface area contributed by atoms with Gasteiger partial charge >= 0.3 is 0 Å². The molecule has 0 N–H and O–H groups in total. The number of carbonyl (C=O) groups excluding carboxylic acids is 1. The van der Waals surface area contributed by atoms with Gasteiger partial charge in [-0.2, -0.15) is 0 Å². The average Bonchev–Trinajstić information content (AvgIpc) is 2.41. The zero-order valence-electron chi connectivity index (χ0n) is 12.3. The van der Waals surface area contributed by atoms with Crippen molar-refractivity contribution >= 4 is 5.78 Å². The van der Waals surface area contributed by atoms with Crippen LogP contribution in [0.2, 0.25) is 0 Å². The highest BCUT2D eigenvalue weighted by molar-refractivity contribution is 5.89. The summed E-state index contributed by atoms with van der Waals surface area (Å²) in [5, 5.41) is 0. The summed E-state index contributed by atoms with van der Waals surface area (Å²) in [5.41, 5.74) is 0.231. The van der Waals surface area contributed by atoms with Gasteiger partial charge in [-0.05, 0) is 49.8 Å². The Morgan fingerprint density at radius 2 is 2.10 bits per heavy atom. The molecule has 0 aliphatic heterocycles. The molecular weight excluding hydrogens is 255 g/mol. The minimum Gasteiger partial charge on any atom is -0.367 e. The smallest absolute Gasteiger partial charge is 0.168 e. The van der Waals surface area contributed by atoms with E-state index in [1.54, 1.807) is 12.1 Å². The van der Waals surface area contributed by atoms with Gasteiger partial charge in [-0.15, -0.1) is 0 Å². The Hall–Kier alpha value is -1.22. The molecule has 0 heterocycles. The third-order valence-corrected chi connectivity index (χ3v) is 4.16. The molecule has 2 unspecified atom stereocenters. The summed E-state index contributed by atoms with van der Waals surface area (Å²) in [6.07, 6.45) is 4.15. The molecule has 2 nitrogen and oxygen atoms in total. The Bertz CT molecular complexity index is 451. The van der Waals surface area contributed by atoms with Gasteiger partial charge in [0.25, 0.3) is 0 Å². The van der Waals surface area contributed by atoms with Crippen LogP contribution in [0.5, 0.6) is 0 Å². The maximum absolute atomic E-state index is 12.9. The van der Waals surface area contributed by atoms with Crippen LogP contribution in [0, 0.1) is 11.7 Å². The fraction of sp³-hybridized carbons (Fsp3) is 0.588. The molecule has 1 fully saturated rings. The second-order valence-electron chi connectivity index (χ2n) is 5.86. The van der Waals surface area contributed by atoms with Crippen molar-refractivity contribution in [2.45, 2.75) is 51.6 Å². The van der Waals surface area contributed by atoms with Crippen molar-refractivity contribution in [3.05, 3.63) is 35.6 Å². The monoisotopic (exact) mass is 278 g/mol. The molecule has 1 aromatic carbocycles. The summed E-state index contributed by atoms with van der Waals surface area (Å²) in [5.74, 6) is 0.386. The number of Topliss-reactive ketones (excluding diaryl/α,β-unsaturated/α-hetero) is 1. The predicted octanol–water partition coefficient (Wildman–Crippen LogP) is 3.92. The van der Waals surface area contributed by atoms with E-state index in [0.29, 0.717) is 18.9 Å². The molecule has 0 saturated heterocycles. The lowest BCUT2D eigenvalue weighted by Gasteiger charge is -2.38. The molecule has 1 aliphatic rings. The average molecular weight is 278 g/mol. The van der Waals surface area contributed by atoms with Crippen LogP contribution in [0.4, 0.5) is 4.39 Å². The molecule has 2 rings (SSSR count). The molecule has 0 bridgehead atoms. The lowest BCUT2D eigenvalue weighted by molar-refractivity contribution is -0.150. The number of rotatable bonds is 5. The Morgan fingerprint density at radius 1 is 1.40 bits per heavy atom. The van der Waals surface area contributed by atoms with Gasteiger partial charge < -0.3 is 4.74 Å². The SMILES string of the molecule is CCOC1(C(=O)Cc2ccc(F)cc2)CCCC(C)C1. The number of ether oxygens (including phenoxy) is 1. The van der Waals surface area contributed by atoms with Crippen molar-refractivity contribution in [2.75, 3.05) is 6.61 Å². The minimum atomic E-state index is -0.624. The standard InChI is InChI=1S/C17H23FO2/c1-3-20-17(10-4-5-13(2)12-17)16(19)11-14-6-8-15(18)9-7-14/h6-9,13H,3-5,10-12H2,1-2H3. The summed E-state index contributed by atoms with van der Waals surface area (Å²) >= 11 is 0. The van der Waals surface area contributed by atoms with Crippen molar-refractivity contribution in [1.29, 1.82) is 0 Å². The second kappa shape index (κ2) is 6.49. The van der Waals surface area contributed by atoms with Gasteiger partial charge in [0, 0.05) is 13.0 Å². The van der Waals surface area contributed by atoms with Crippen LogP contribution in [0.15, 0.2) is 24.3 Å². The number of hydrogen-bond acceptors (Lipinski definition) is 2. The Kier molecular flexibility index (Phi) is 4.92. The summed E-state index contributed by atoms with van der Waals surface area (Å²) in [7, 11) is 0. The number of hydrogen-bond donors (Lipinski definition) is 0. The quantitative estimate of drug-likeness (QED) is 0.816. The van der Waals surface area contributed by atoms with E-state index in [1.807, 2.05) is 6.92 Å². The van der Waals surface area contributed by atoms with E-state index >= 15 is 0 Å². The highest BCUT2D eigenvalue weighted by Crippen LogP contribution is 2.36. The highest BCUT2D eigenvalue weighted by Gasteiger charge is 2.41. The van der Waals surface area contributed by atoms with E-state index in [4.69, 9.17) is 4.74 Å². The van der Waals surface area contributed by atoms with Gasteiger partial charge in [0.2, 0.25) is 0 Å². The van der Waals surface area contributed by atoms with E-state index in [0.717, 1.165) is 24.8 Å². The molecule has 1 aliphatic carbocycles. The third-order valence-electron chi connectivity index (χ3n) is 4.16. The fourth-order valence-corrected chi connectivity index (χ4v) is 3.19. The van der Waals surface area contributed by atoms with Gasteiger partial charge in [0.15, 0.2) is 5.78 Å². The van der Waals surface area contributed by atoms with Gasteiger partial charge in [-0.3, -0.25) is 4.79 Å². The summed E-state index contributed by atoms with van der Waals surface area (Å²) in [6, 6.07) is 6.16. The Morgan fingerprint density at radius 3 is 2.70 bits per heavy atom. The maximum Gasteiger partial charge on any atom is 0.168 e. The second-order valence-corrected chi connectivity index (χ2v) is 5.86. The number of halogens is 1. The van der Waals surface area contributed by atoms with Crippen LogP contribution in [0.1, 0.15) is 45.1 Å². The molecule has 0 aromatic heterocycles. The first-order valence-electron chi connectivity index (χ1n) is 7.47. The van der Waals surface area contributed by atoms with Crippen molar-refractivity contribution in [3.8, 4) is 0 Å². The summed E-state index contributed by atoms with van der Waals surface area (Å²) in [6.45, 7) is 4.67. The molecule has 0 radical (unpaired) electrons. The van der Waals surface area contributed by atoms with Gasteiger partial charge in [-0.1, -0.05) is 25.5 Å². The predicted molar refractivity (Wildman–Crippen MR) is 77.1 cm³/mol. The molecular formula is C17H23FO2. The molecule has 110 valence electrons. The molecule has 0 amide bonds. The number of benzene rings is 1. The van der Waals surface area contributed by atoms with Gasteiger partial charge in [0.1, 0.15) is 11.4 Å². The van der Waals surface area contributed by atoms with Gasteiger partial charge in [-0.25, -0.2) is 4.39 Å². The van der Waals surface area contributed by atoms with Crippen molar-refractivity contribution in [2.24, 2.45) is 5.92 Å².